The molecule has 0 bridgehead atoms. The predicted molar refractivity (Wildman–Crippen MR) is 108 cm³/mol. The van der Waals surface area contributed by atoms with Gasteiger partial charge in [-0.1, -0.05) is 18.9 Å². The minimum atomic E-state index is -0.147. The van der Waals surface area contributed by atoms with Crippen molar-refractivity contribution in [3.8, 4) is 0 Å². The highest BCUT2D eigenvalue weighted by Gasteiger charge is 2.29. The number of pyridine rings is 1. The van der Waals surface area contributed by atoms with Crippen LogP contribution in [0.1, 0.15) is 47.3 Å². The molecule has 2 aromatic heterocycles. The third kappa shape index (κ3) is 5.00. The summed E-state index contributed by atoms with van der Waals surface area (Å²) in [6, 6.07) is 3.76. The van der Waals surface area contributed by atoms with Crippen molar-refractivity contribution in [2.45, 2.75) is 51.2 Å². The topological polar surface area (TPSA) is 92.2 Å². The van der Waals surface area contributed by atoms with E-state index in [9.17, 15) is 9.59 Å². The second-order valence-corrected chi connectivity index (χ2v) is 7.89. The summed E-state index contributed by atoms with van der Waals surface area (Å²) in [4.78, 5) is 31.3. The van der Waals surface area contributed by atoms with Gasteiger partial charge in [-0.05, 0) is 37.6 Å². The molecule has 0 spiro atoms. The van der Waals surface area contributed by atoms with Gasteiger partial charge in [-0.25, -0.2) is 0 Å². The van der Waals surface area contributed by atoms with Crippen molar-refractivity contribution < 1.29 is 9.59 Å². The smallest absolute Gasteiger partial charge is 0.255 e. The molecular formula is C21H28N6O2. The molecular weight excluding hydrogens is 368 g/mol. The molecule has 2 amide bonds. The number of carbonyl (C=O) groups is 2. The van der Waals surface area contributed by atoms with Crippen molar-refractivity contribution in [3.63, 3.8) is 0 Å². The zero-order valence-corrected chi connectivity index (χ0v) is 16.6. The lowest BCUT2D eigenvalue weighted by Crippen LogP contribution is -2.43. The van der Waals surface area contributed by atoms with E-state index in [2.05, 4.69) is 25.6 Å². The van der Waals surface area contributed by atoms with Gasteiger partial charge in [0.15, 0.2) is 0 Å². The van der Waals surface area contributed by atoms with Crippen LogP contribution < -0.4 is 10.6 Å². The van der Waals surface area contributed by atoms with Crippen LogP contribution in [0, 0.1) is 0 Å². The lowest BCUT2D eigenvalue weighted by molar-refractivity contribution is -0.122. The molecule has 0 unspecified atom stereocenters. The van der Waals surface area contributed by atoms with Crippen LogP contribution in [0.5, 0.6) is 0 Å². The fraction of sp³-hybridized carbons (Fsp3) is 0.524. The number of fused-ring (bicyclic) bond motifs is 1. The quantitative estimate of drug-likeness (QED) is 0.764. The molecule has 2 aromatic rings. The van der Waals surface area contributed by atoms with Crippen molar-refractivity contribution in [1.29, 1.82) is 0 Å². The van der Waals surface area contributed by atoms with E-state index in [-0.39, 0.29) is 17.9 Å². The summed E-state index contributed by atoms with van der Waals surface area (Å²) in [6.07, 6.45) is 10.5. The molecule has 2 aliphatic heterocycles. The number of likely N-dealkylation sites (tertiary alicyclic amines) is 1. The number of carbonyl (C=O) groups excluding carboxylic acids is 2. The third-order valence-electron chi connectivity index (χ3n) is 5.63. The van der Waals surface area contributed by atoms with Crippen molar-refractivity contribution in [1.82, 2.24) is 30.3 Å². The number of nitrogens with one attached hydrogen (secondary N) is 2. The van der Waals surface area contributed by atoms with Crippen LogP contribution in [-0.4, -0.2) is 57.2 Å². The van der Waals surface area contributed by atoms with E-state index in [0.717, 1.165) is 24.3 Å². The molecule has 0 saturated carbocycles. The molecule has 2 N–H and O–H groups in total. The average Bonchev–Trinajstić information content (AvgIpc) is 3.18. The Morgan fingerprint density at radius 3 is 2.72 bits per heavy atom. The van der Waals surface area contributed by atoms with E-state index in [1.165, 1.54) is 25.7 Å². The Morgan fingerprint density at radius 2 is 1.97 bits per heavy atom. The summed E-state index contributed by atoms with van der Waals surface area (Å²) in [5.74, 6) is -0.0862. The number of amides is 2. The monoisotopic (exact) mass is 396 g/mol. The lowest BCUT2D eigenvalue weighted by atomic mass is 10.1. The standard InChI is InChI=1S/C21H28N6O2/c28-20(15-26-8-3-1-2-4-9-26)25-17-10-19-18(13-24-27(19)14-17)21(29)23-12-16-6-5-7-22-11-16/h5-7,11,13,17H,1-4,8-10,12,14-15H2,(H,23,29)(H,25,28)/t17-/m0/s1. The second kappa shape index (κ2) is 9.17. The highest BCUT2D eigenvalue weighted by atomic mass is 16.2. The first kappa shape index (κ1) is 19.6. The largest absolute Gasteiger partial charge is 0.350 e. The van der Waals surface area contributed by atoms with Crippen LogP contribution in [-0.2, 0) is 24.3 Å². The molecule has 1 saturated heterocycles. The average molecular weight is 396 g/mol. The first-order valence-corrected chi connectivity index (χ1v) is 10.4. The Bertz CT molecular complexity index is 842. The molecule has 8 heteroatoms. The van der Waals surface area contributed by atoms with Crippen LogP contribution in [0.3, 0.4) is 0 Å². The highest BCUT2D eigenvalue weighted by Crippen LogP contribution is 2.19. The molecule has 29 heavy (non-hydrogen) atoms. The van der Waals surface area contributed by atoms with Gasteiger partial charge in [-0.3, -0.25) is 24.2 Å². The van der Waals surface area contributed by atoms with Gasteiger partial charge in [0.2, 0.25) is 5.91 Å². The lowest BCUT2D eigenvalue weighted by Gasteiger charge is -2.20. The van der Waals surface area contributed by atoms with Gasteiger partial charge in [-0.2, -0.15) is 5.10 Å². The van der Waals surface area contributed by atoms with Gasteiger partial charge < -0.3 is 10.6 Å². The van der Waals surface area contributed by atoms with Gasteiger partial charge in [-0.15, -0.1) is 0 Å². The fourth-order valence-corrected chi connectivity index (χ4v) is 4.13. The zero-order chi connectivity index (χ0) is 20.1. The first-order chi connectivity index (χ1) is 14.2. The first-order valence-electron chi connectivity index (χ1n) is 10.4. The maximum absolute atomic E-state index is 12.6. The van der Waals surface area contributed by atoms with Crippen LogP contribution >= 0.6 is 0 Å². The third-order valence-corrected chi connectivity index (χ3v) is 5.63. The van der Waals surface area contributed by atoms with E-state index in [0.29, 0.717) is 31.6 Å². The fourth-order valence-electron chi connectivity index (χ4n) is 4.13. The van der Waals surface area contributed by atoms with Crippen molar-refractivity contribution in [2.75, 3.05) is 19.6 Å². The Hall–Kier alpha value is -2.74. The molecule has 0 radical (unpaired) electrons. The van der Waals surface area contributed by atoms with E-state index in [4.69, 9.17) is 0 Å². The number of aromatic nitrogens is 3. The Labute approximate surface area is 170 Å². The van der Waals surface area contributed by atoms with Gasteiger partial charge >= 0.3 is 0 Å². The van der Waals surface area contributed by atoms with Gasteiger partial charge in [0.25, 0.3) is 5.91 Å². The molecule has 8 nitrogen and oxygen atoms in total. The van der Waals surface area contributed by atoms with E-state index in [1.807, 2.05) is 16.8 Å². The molecule has 0 aliphatic carbocycles. The Morgan fingerprint density at radius 1 is 1.14 bits per heavy atom. The van der Waals surface area contributed by atoms with Crippen LogP contribution in [0.15, 0.2) is 30.7 Å². The summed E-state index contributed by atoms with van der Waals surface area (Å²) < 4.78 is 1.83. The van der Waals surface area contributed by atoms with Crippen LogP contribution in [0.25, 0.3) is 0 Å². The van der Waals surface area contributed by atoms with Crippen LogP contribution in [0.2, 0.25) is 0 Å². The minimum absolute atomic E-state index is 0.0111. The van der Waals surface area contributed by atoms with Gasteiger partial charge in [0.1, 0.15) is 0 Å². The number of rotatable bonds is 6. The molecule has 1 fully saturated rings. The zero-order valence-electron chi connectivity index (χ0n) is 16.6. The summed E-state index contributed by atoms with van der Waals surface area (Å²) in [5, 5.41) is 10.4. The predicted octanol–water partition coefficient (Wildman–Crippen LogP) is 1.13. The Kier molecular flexibility index (Phi) is 6.19. The van der Waals surface area contributed by atoms with E-state index < -0.39 is 0 Å². The molecule has 1 atom stereocenters. The van der Waals surface area contributed by atoms with Crippen molar-refractivity contribution in [2.24, 2.45) is 0 Å². The van der Waals surface area contributed by atoms with E-state index in [1.54, 1.807) is 18.6 Å². The molecule has 4 rings (SSSR count). The van der Waals surface area contributed by atoms with Crippen molar-refractivity contribution in [3.05, 3.63) is 47.5 Å². The number of hydrogen-bond donors (Lipinski definition) is 2. The van der Waals surface area contributed by atoms with E-state index >= 15 is 0 Å². The molecule has 2 aliphatic rings. The summed E-state index contributed by atoms with van der Waals surface area (Å²) in [5.41, 5.74) is 2.41. The maximum atomic E-state index is 12.6. The SMILES string of the molecule is O=C(CN1CCCCCC1)N[C@H]1Cc2c(C(=O)NCc3cccnc3)cnn2C1. The van der Waals surface area contributed by atoms with Gasteiger partial charge in [0.05, 0.1) is 36.6 Å². The molecule has 4 heterocycles. The van der Waals surface area contributed by atoms with Crippen molar-refractivity contribution >= 4 is 11.8 Å². The summed E-state index contributed by atoms with van der Waals surface area (Å²) in [7, 11) is 0. The Balaban J connectivity index is 1.29. The normalized spacial score (nSPS) is 19.4. The summed E-state index contributed by atoms with van der Waals surface area (Å²) in [6.45, 7) is 3.49. The number of hydrogen-bond acceptors (Lipinski definition) is 5. The number of nitrogens with zero attached hydrogens (tertiary/aromatic N) is 4. The minimum Gasteiger partial charge on any atom is -0.350 e. The second-order valence-electron chi connectivity index (χ2n) is 7.89. The summed E-state index contributed by atoms with van der Waals surface area (Å²) >= 11 is 0. The maximum Gasteiger partial charge on any atom is 0.255 e. The van der Waals surface area contributed by atoms with Gasteiger partial charge in [0, 0.05) is 25.4 Å². The molecule has 0 aromatic carbocycles. The molecule has 154 valence electrons. The highest BCUT2D eigenvalue weighted by molar-refractivity contribution is 5.95. The van der Waals surface area contributed by atoms with Crippen LogP contribution in [0.4, 0.5) is 0 Å².